The fourth-order valence-corrected chi connectivity index (χ4v) is 3.59. The maximum absolute atomic E-state index is 6.28. The van der Waals surface area contributed by atoms with Crippen molar-refractivity contribution in [3.8, 4) is 0 Å². The molecule has 2 nitrogen and oxygen atoms in total. The molecule has 1 aromatic rings. The van der Waals surface area contributed by atoms with Crippen LogP contribution in [0.5, 0.6) is 0 Å². The summed E-state index contributed by atoms with van der Waals surface area (Å²) < 4.78 is 0.855. The zero-order valence-electron chi connectivity index (χ0n) is 10.5. The van der Waals surface area contributed by atoms with E-state index < -0.39 is 0 Å². The summed E-state index contributed by atoms with van der Waals surface area (Å²) in [6.07, 6.45) is 3.75. The molecular formula is C13H21ClN2S. The Morgan fingerprint density at radius 2 is 2.24 bits per heavy atom. The number of nitrogens with two attached hydrogens (primary N) is 1. The molecule has 1 aliphatic carbocycles. The highest BCUT2D eigenvalue weighted by Gasteiger charge is 2.30. The van der Waals surface area contributed by atoms with Crippen molar-refractivity contribution in [2.75, 3.05) is 13.6 Å². The highest BCUT2D eigenvalue weighted by Crippen LogP contribution is 2.36. The Hall–Kier alpha value is -0.0900. The maximum atomic E-state index is 6.28. The van der Waals surface area contributed by atoms with Gasteiger partial charge in [-0.2, -0.15) is 0 Å². The van der Waals surface area contributed by atoms with Crippen molar-refractivity contribution >= 4 is 22.9 Å². The molecule has 0 aliphatic heterocycles. The summed E-state index contributed by atoms with van der Waals surface area (Å²) in [4.78, 5) is 3.71. The van der Waals surface area contributed by atoms with Crippen molar-refractivity contribution in [3.63, 3.8) is 0 Å². The van der Waals surface area contributed by atoms with E-state index in [0.29, 0.717) is 6.04 Å². The van der Waals surface area contributed by atoms with Crippen molar-refractivity contribution in [2.45, 2.75) is 38.3 Å². The quantitative estimate of drug-likeness (QED) is 0.859. The minimum Gasteiger partial charge on any atom is -0.326 e. The Bertz CT molecular complexity index is 362. The number of hydrogen-bond acceptors (Lipinski definition) is 3. The molecule has 0 saturated heterocycles. The van der Waals surface area contributed by atoms with Gasteiger partial charge in [-0.15, -0.1) is 11.3 Å². The molecule has 2 rings (SSSR count). The molecule has 2 unspecified atom stereocenters. The summed E-state index contributed by atoms with van der Waals surface area (Å²) >= 11 is 7.69. The number of rotatable bonds is 6. The molecule has 0 amide bonds. The molecule has 2 atom stereocenters. The summed E-state index contributed by atoms with van der Waals surface area (Å²) in [6, 6.07) is 4.60. The van der Waals surface area contributed by atoms with Gasteiger partial charge in [-0.3, -0.25) is 4.90 Å². The topological polar surface area (TPSA) is 29.3 Å². The van der Waals surface area contributed by atoms with Gasteiger partial charge in [0.15, 0.2) is 0 Å². The lowest BCUT2D eigenvalue weighted by atomic mass is 10.0. The van der Waals surface area contributed by atoms with Gasteiger partial charge in [0.2, 0.25) is 0 Å². The average Bonchev–Trinajstić information content (AvgIpc) is 3.00. The second-order valence-corrected chi connectivity index (χ2v) is 6.79. The molecule has 0 radical (unpaired) electrons. The number of thiophene rings is 1. The highest BCUT2D eigenvalue weighted by molar-refractivity contribution is 7.16. The lowest BCUT2D eigenvalue weighted by molar-refractivity contribution is 0.205. The van der Waals surface area contributed by atoms with Gasteiger partial charge in [-0.05, 0) is 44.4 Å². The standard InChI is InChI=1S/C13H21ClN2S/c1-3-10(15)13(11-6-7-12(14)17-11)16(2)8-9-4-5-9/h6-7,9-10,13H,3-5,8,15H2,1-2H3. The second-order valence-electron chi connectivity index (χ2n) is 5.04. The molecule has 1 saturated carbocycles. The van der Waals surface area contributed by atoms with Gasteiger partial charge in [0.25, 0.3) is 0 Å². The molecule has 0 bridgehead atoms. The largest absolute Gasteiger partial charge is 0.326 e. The Morgan fingerprint density at radius 1 is 1.53 bits per heavy atom. The summed E-state index contributed by atoms with van der Waals surface area (Å²) in [5.41, 5.74) is 6.28. The van der Waals surface area contributed by atoms with Crippen molar-refractivity contribution in [2.24, 2.45) is 11.7 Å². The highest BCUT2D eigenvalue weighted by atomic mass is 35.5. The molecule has 1 fully saturated rings. The summed E-state index contributed by atoms with van der Waals surface area (Å²) in [6.45, 7) is 3.31. The van der Waals surface area contributed by atoms with Crippen LogP contribution in [-0.2, 0) is 0 Å². The van der Waals surface area contributed by atoms with Gasteiger partial charge in [0.1, 0.15) is 0 Å². The summed E-state index contributed by atoms with van der Waals surface area (Å²) in [7, 11) is 2.19. The molecule has 0 aromatic carbocycles. The minimum atomic E-state index is 0.188. The van der Waals surface area contributed by atoms with E-state index in [2.05, 4.69) is 24.9 Å². The normalized spacial score (nSPS) is 19.6. The van der Waals surface area contributed by atoms with Gasteiger partial charge in [-0.1, -0.05) is 18.5 Å². The molecule has 1 aromatic heterocycles. The number of hydrogen-bond donors (Lipinski definition) is 1. The van der Waals surface area contributed by atoms with Crippen molar-refractivity contribution in [3.05, 3.63) is 21.3 Å². The average molecular weight is 273 g/mol. The Labute approximate surface area is 113 Å². The van der Waals surface area contributed by atoms with E-state index in [1.807, 2.05) is 6.07 Å². The summed E-state index contributed by atoms with van der Waals surface area (Å²) in [5.74, 6) is 0.891. The third-order valence-corrected chi connectivity index (χ3v) is 4.78. The van der Waals surface area contributed by atoms with Crippen LogP contribution in [0, 0.1) is 5.92 Å². The van der Waals surface area contributed by atoms with Gasteiger partial charge < -0.3 is 5.73 Å². The van der Waals surface area contributed by atoms with E-state index in [1.165, 1.54) is 17.7 Å². The van der Waals surface area contributed by atoms with Crippen molar-refractivity contribution in [1.82, 2.24) is 4.90 Å². The lowest BCUT2D eigenvalue weighted by Gasteiger charge is -2.31. The van der Waals surface area contributed by atoms with Crippen LogP contribution in [0.25, 0.3) is 0 Å². The van der Waals surface area contributed by atoms with E-state index in [9.17, 15) is 0 Å². The second kappa shape index (κ2) is 5.70. The zero-order valence-corrected chi connectivity index (χ0v) is 12.1. The first-order valence-electron chi connectivity index (χ1n) is 6.32. The van der Waals surface area contributed by atoms with E-state index in [-0.39, 0.29) is 6.04 Å². The van der Waals surface area contributed by atoms with Gasteiger partial charge in [-0.25, -0.2) is 0 Å². The van der Waals surface area contributed by atoms with E-state index in [1.54, 1.807) is 11.3 Å². The fraction of sp³-hybridized carbons (Fsp3) is 0.692. The third-order valence-electron chi connectivity index (χ3n) is 3.48. The van der Waals surface area contributed by atoms with Gasteiger partial charge >= 0.3 is 0 Å². The van der Waals surface area contributed by atoms with Crippen LogP contribution in [0.3, 0.4) is 0 Å². The molecular weight excluding hydrogens is 252 g/mol. The first kappa shape index (κ1) is 13.3. The van der Waals surface area contributed by atoms with E-state index in [4.69, 9.17) is 17.3 Å². The molecule has 0 spiro atoms. The lowest BCUT2D eigenvalue weighted by Crippen LogP contribution is -2.39. The number of likely N-dealkylation sites (N-methyl/N-ethyl adjacent to an activating group) is 1. The Balaban J connectivity index is 2.11. The van der Waals surface area contributed by atoms with Crippen molar-refractivity contribution < 1.29 is 0 Å². The number of halogens is 1. The van der Waals surface area contributed by atoms with Crippen LogP contribution in [0.1, 0.15) is 37.1 Å². The molecule has 17 heavy (non-hydrogen) atoms. The third kappa shape index (κ3) is 3.44. The zero-order chi connectivity index (χ0) is 12.4. The van der Waals surface area contributed by atoms with Crippen LogP contribution in [0.4, 0.5) is 0 Å². The van der Waals surface area contributed by atoms with Crippen LogP contribution in [0.15, 0.2) is 12.1 Å². The van der Waals surface area contributed by atoms with Crippen LogP contribution >= 0.6 is 22.9 Å². The monoisotopic (exact) mass is 272 g/mol. The molecule has 96 valence electrons. The van der Waals surface area contributed by atoms with Crippen LogP contribution in [-0.4, -0.2) is 24.5 Å². The van der Waals surface area contributed by atoms with Crippen LogP contribution in [0.2, 0.25) is 4.34 Å². The van der Waals surface area contributed by atoms with Gasteiger partial charge in [0.05, 0.1) is 10.4 Å². The maximum Gasteiger partial charge on any atom is 0.0931 e. The first-order valence-corrected chi connectivity index (χ1v) is 7.52. The predicted molar refractivity (Wildman–Crippen MR) is 75.7 cm³/mol. The Kier molecular flexibility index (Phi) is 4.47. The van der Waals surface area contributed by atoms with Gasteiger partial charge in [0, 0.05) is 17.5 Å². The molecule has 1 heterocycles. The van der Waals surface area contributed by atoms with Crippen LogP contribution < -0.4 is 5.73 Å². The molecule has 2 N–H and O–H groups in total. The van der Waals surface area contributed by atoms with E-state index >= 15 is 0 Å². The SMILES string of the molecule is CCC(N)C(c1ccc(Cl)s1)N(C)CC1CC1. The predicted octanol–water partition coefficient (Wildman–Crippen LogP) is 3.52. The molecule has 4 heteroatoms. The summed E-state index contributed by atoms with van der Waals surface area (Å²) in [5, 5.41) is 0. The minimum absolute atomic E-state index is 0.188. The first-order chi connectivity index (χ1) is 8.11. The Morgan fingerprint density at radius 3 is 2.71 bits per heavy atom. The smallest absolute Gasteiger partial charge is 0.0931 e. The number of nitrogens with zero attached hydrogens (tertiary/aromatic N) is 1. The van der Waals surface area contributed by atoms with E-state index in [0.717, 1.165) is 23.2 Å². The van der Waals surface area contributed by atoms with Crippen molar-refractivity contribution in [1.29, 1.82) is 0 Å². The fourth-order valence-electron chi connectivity index (χ4n) is 2.29. The molecule has 1 aliphatic rings.